The van der Waals surface area contributed by atoms with Crippen LogP contribution in [-0.2, 0) is 11.3 Å². The maximum Gasteiger partial charge on any atom is 0.411 e. The average molecular weight is 324 g/mol. The molecule has 0 bridgehead atoms. The number of para-hydroxylation sites is 1. The summed E-state index contributed by atoms with van der Waals surface area (Å²) < 4.78 is 19.1. The van der Waals surface area contributed by atoms with E-state index in [2.05, 4.69) is 21.2 Å². The lowest BCUT2D eigenvalue weighted by Crippen LogP contribution is -2.13. The van der Waals surface area contributed by atoms with Gasteiger partial charge in [-0.1, -0.05) is 40.2 Å². The molecule has 0 atom stereocenters. The highest BCUT2D eigenvalue weighted by Crippen LogP contribution is 2.16. The van der Waals surface area contributed by atoms with Crippen molar-refractivity contribution in [3.05, 3.63) is 64.4 Å². The van der Waals surface area contributed by atoms with Crippen LogP contribution < -0.4 is 5.32 Å². The van der Waals surface area contributed by atoms with E-state index in [1.54, 1.807) is 36.4 Å². The van der Waals surface area contributed by atoms with Crippen molar-refractivity contribution in [2.24, 2.45) is 0 Å². The maximum atomic E-state index is 13.5. The van der Waals surface area contributed by atoms with Gasteiger partial charge in [-0.3, -0.25) is 5.32 Å². The molecule has 2 rings (SSSR count). The molecule has 0 heterocycles. The van der Waals surface area contributed by atoms with Crippen LogP contribution in [0.4, 0.5) is 14.9 Å². The Kier molecular flexibility index (Phi) is 4.52. The average Bonchev–Trinajstić information content (AvgIpc) is 2.39. The Morgan fingerprint density at radius 1 is 1.21 bits per heavy atom. The first kappa shape index (κ1) is 13.5. The van der Waals surface area contributed by atoms with Crippen LogP contribution in [-0.4, -0.2) is 6.09 Å². The number of anilines is 1. The van der Waals surface area contributed by atoms with Gasteiger partial charge in [-0.05, 0) is 24.3 Å². The molecule has 0 fully saturated rings. The van der Waals surface area contributed by atoms with Gasteiger partial charge >= 0.3 is 6.09 Å². The van der Waals surface area contributed by atoms with Gasteiger partial charge in [0.25, 0.3) is 0 Å². The number of benzene rings is 2. The standard InChI is InChI=1S/C14H11BrFNO2/c15-11-7-6-10(13(16)8-11)9-19-14(18)17-12-4-2-1-3-5-12/h1-8H,9H2,(H,17,18). The van der Waals surface area contributed by atoms with Gasteiger partial charge in [0.2, 0.25) is 0 Å². The Labute approximate surface area is 118 Å². The van der Waals surface area contributed by atoms with Gasteiger partial charge in [-0.2, -0.15) is 0 Å². The third-order valence-electron chi connectivity index (χ3n) is 2.39. The molecule has 1 amide bonds. The Bertz CT molecular complexity index is 575. The van der Waals surface area contributed by atoms with Gasteiger partial charge in [-0.15, -0.1) is 0 Å². The minimum Gasteiger partial charge on any atom is -0.444 e. The molecule has 0 aliphatic heterocycles. The number of carbonyl (C=O) groups excluding carboxylic acids is 1. The second-order valence-electron chi connectivity index (χ2n) is 3.80. The van der Waals surface area contributed by atoms with E-state index in [1.165, 1.54) is 6.07 Å². The van der Waals surface area contributed by atoms with Crippen LogP contribution in [0.2, 0.25) is 0 Å². The van der Waals surface area contributed by atoms with Crippen LogP contribution >= 0.6 is 15.9 Å². The van der Waals surface area contributed by atoms with Crippen LogP contribution in [0.25, 0.3) is 0 Å². The first-order valence-corrected chi connectivity index (χ1v) is 6.37. The van der Waals surface area contributed by atoms with Gasteiger partial charge in [0.05, 0.1) is 0 Å². The molecule has 3 nitrogen and oxygen atoms in total. The van der Waals surface area contributed by atoms with Gasteiger partial charge in [0, 0.05) is 15.7 Å². The monoisotopic (exact) mass is 323 g/mol. The van der Waals surface area contributed by atoms with Crippen molar-refractivity contribution in [3.63, 3.8) is 0 Å². The Morgan fingerprint density at radius 3 is 2.63 bits per heavy atom. The largest absolute Gasteiger partial charge is 0.444 e. The van der Waals surface area contributed by atoms with Crippen molar-refractivity contribution in [3.8, 4) is 0 Å². The number of carbonyl (C=O) groups is 1. The molecular weight excluding hydrogens is 313 g/mol. The molecule has 0 aliphatic rings. The third-order valence-corrected chi connectivity index (χ3v) is 2.89. The summed E-state index contributed by atoms with van der Waals surface area (Å²) in [5.74, 6) is -0.415. The minimum atomic E-state index is -0.617. The van der Waals surface area contributed by atoms with Crippen molar-refractivity contribution in [1.82, 2.24) is 0 Å². The van der Waals surface area contributed by atoms with E-state index >= 15 is 0 Å². The second-order valence-corrected chi connectivity index (χ2v) is 4.72. The highest BCUT2D eigenvalue weighted by molar-refractivity contribution is 9.10. The summed E-state index contributed by atoms with van der Waals surface area (Å²) >= 11 is 3.16. The van der Waals surface area contributed by atoms with E-state index in [4.69, 9.17) is 4.74 Å². The van der Waals surface area contributed by atoms with Crippen LogP contribution in [0.15, 0.2) is 53.0 Å². The topological polar surface area (TPSA) is 38.3 Å². The molecule has 0 saturated carbocycles. The highest BCUT2D eigenvalue weighted by Gasteiger charge is 2.07. The fourth-order valence-electron chi connectivity index (χ4n) is 1.46. The molecule has 0 unspecified atom stereocenters. The summed E-state index contributed by atoms with van der Waals surface area (Å²) in [6.07, 6.45) is -0.617. The van der Waals surface area contributed by atoms with E-state index in [0.29, 0.717) is 15.7 Å². The van der Waals surface area contributed by atoms with Gasteiger partial charge in [0.15, 0.2) is 0 Å². The van der Waals surface area contributed by atoms with E-state index < -0.39 is 11.9 Å². The maximum absolute atomic E-state index is 13.5. The first-order valence-electron chi connectivity index (χ1n) is 5.58. The Morgan fingerprint density at radius 2 is 1.95 bits per heavy atom. The van der Waals surface area contributed by atoms with E-state index in [1.807, 2.05) is 6.07 Å². The smallest absolute Gasteiger partial charge is 0.411 e. The number of hydrogen-bond donors (Lipinski definition) is 1. The molecule has 0 radical (unpaired) electrons. The summed E-state index contributed by atoms with van der Waals surface area (Å²) in [6.45, 7) is -0.113. The van der Waals surface area contributed by atoms with E-state index in [-0.39, 0.29) is 6.61 Å². The van der Waals surface area contributed by atoms with Gasteiger partial charge in [0.1, 0.15) is 12.4 Å². The van der Waals surface area contributed by atoms with Crippen molar-refractivity contribution in [1.29, 1.82) is 0 Å². The lowest BCUT2D eigenvalue weighted by atomic mass is 10.2. The predicted octanol–water partition coefficient (Wildman–Crippen LogP) is 4.34. The SMILES string of the molecule is O=C(Nc1ccccc1)OCc1ccc(Br)cc1F. The van der Waals surface area contributed by atoms with E-state index in [9.17, 15) is 9.18 Å². The fraction of sp³-hybridized carbons (Fsp3) is 0.0714. The summed E-state index contributed by atoms with van der Waals surface area (Å²) in [6, 6.07) is 13.5. The quantitative estimate of drug-likeness (QED) is 0.912. The molecular formula is C14H11BrFNO2. The zero-order valence-electron chi connectivity index (χ0n) is 9.90. The van der Waals surface area contributed by atoms with Crippen molar-refractivity contribution in [2.45, 2.75) is 6.61 Å². The lowest BCUT2D eigenvalue weighted by Gasteiger charge is -2.07. The molecule has 1 N–H and O–H groups in total. The molecule has 0 spiro atoms. The Hall–Kier alpha value is -1.88. The van der Waals surface area contributed by atoms with Gasteiger partial charge in [-0.25, -0.2) is 9.18 Å². The number of halogens is 2. The number of hydrogen-bond acceptors (Lipinski definition) is 2. The predicted molar refractivity (Wildman–Crippen MR) is 74.3 cm³/mol. The van der Waals surface area contributed by atoms with Crippen molar-refractivity contribution < 1.29 is 13.9 Å². The van der Waals surface area contributed by atoms with Crippen LogP contribution in [0.1, 0.15) is 5.56 Å². The third kappa shape index (κ3) is 4.06. The summed E-state index contributed by atoms with van der Waals surface area (Å²) in [4.78, 5) is 11.5. The number of amides is 1. The molecule has 98 valence electrons. The summed E-state index contributed by atoms with van der Waals surface area (Å²) in [7, 11) is 0. The first-order chi connectivity index (χ1) is 9.15. The normalized spacial score (nSPS) is 10.0. The van der Waals surface area contributed by atoms with Crippen molar-refractivity contribution in [2.75, 3.05) is 5.32 Å². The molecule has 2 aromatic rings. The zero-order chi connectivity index (χ0) is 13.7. The Balaban J connectivity index is 1.90. The lowest BCUT2D eigenvalue weighted by molar-refractivity contribution is 0.153. The second kappa shape index (κ2) is 6.33. The van der Waals surface area contributed by atoms with E-state index in [0.717, 1.165) is 0 Å². The molecule has 2 aromatic carbocycles. The van der Waals surface area contributed by atoms with Crippen molar-refractivity contribution >= 4 is 27.7 Å². The number of ether oxygens (including phenoxy) is 1. The molecule has 0 aliphatic carbocycles. The highest BCUT2D eigenvalue weighted by atomic mass is 79.9. The molecule has 0 saturated heterocycles. The fourth-order valence-corrected chi connectivity index (χ4v) is 1.79. The number of rotatable bonds is 3. The molecule has 0 aromatic heterocycles. The van der Waals surface area contributed by atoms with Crippen LogP contribution in [0.3, 0.4) is 0 Å². The minimum absolute atomic E-state index is 0.113. The molecule has 19 heavy (non-hydrogen) atoms. The number of nitrogens with one attached hydrogen (secondary N) is 1. The van der Waals surface area contributed by atoms with Crippen LogP contribution in [0, 0.1) is 5.82 Å². The van der Waals surface area contributed by atoms with Gasteiger partial charge < -0.3 is 4.74 Å². The van der Waals surface area contributed by atoms with Crippen LogP contribution in [0.5, 0.6) is 0 Å². The summed E-state index contributed by atoms with van der Waals surface area (Å²) in [5.41, 5.74) is 0.954. The summed E-state index contributed by atoms with van der Waals surface area (Å²) in [5, 5.41) is 2.55. The zero-order valence-corrected chi connectivity index (χ0v) is 11.5. The molecule has 5 heteroatoms.